The second-order valence-electron chi connectivity index (χ2n) is 7.66. The average Bonchev–Trinajstić information content (AvgIpc) is 3.09. The summed E-state index contributed by atoms with van der Waals surface area (Å²) in [5.41, 5.74) is 10.4. The van der Waals surface area contributed by atoms with Gasteiger partial charge in [-0.05, 0) is 44.6 Å². The number of likely N-dealkylation sites (tertiary alicyclic amines) is 1. The summed E-state index contributed by atoms with van der Waals surface area (Å²) in [5.74, 6) is 0.431. The number of aromatic amines is 1. The van der Waals surface area contributed by atoms with Gasteiger partial charge in [-0.1, -0.05) is 29.8 Å². The van der Waals surface area contributed by atoms with E-state index in [9.17, 15) is 4.79 Å². The number of H-pyrrole nitrogens is 1. The van der Waals surface area contributed by atoms with Crippen molar-refractivity contribution in [1.82, 2.24) is 15.1 Å². The lowest BCUT2D eigenvalue weighted by Gasteiger charge is -2.43. The Bertz CT molecular complexity index is 760. The molecule has 25 heavy (non-hydrogen) atoms. The Morgan fingerprint density at radius 3 is 2.72 bits per heavy atom. The smallest absolute Gasteiger partial charge is 0.242 e. The molecule has 1 aromatic heterocycles. The van der Waals surface area contributed by atoms with E-state index in [0.717, 1.165) is 56.5 Å². The van der Waals surface area contributed by atoms with Crippen LogP contribution in [0.3, 0.4) is 0 Å². The third-order valence-corrected chi connectivity index (χ3v) is 5.82. The molecule has 1 atom stereocenters. The molecule has 1 saturated heterocycles. The second kappa shape index (κ2) is 6.30. The summed E-state index contributed by atoms with van der Waals surface area (Å²) < 4.78 is 0. The molecule has 1 aliphatic carbocycles. The highest BCUT2D eigenvalue weighted by molar-refractivity contribution is 5.87. The summed E-state index contributed by atoms with van der Waals surface area (Å²) in [7, 11) is 0. The first-order valence-corrected chi connectivity index (χ1v) is 9.25. The number of nitrogens with zero attached hydrogens (tertiary/aromatic N) is 2. The van der Waals surface area contributed by atoms with Crippen molar-refractivity contribution in [3.8, 4) is 11.1 Å². The molecule has 2 heterocycles. The van der Waals surface area contributed by atoms with Gasteiger partial charge in [0.25, 0.3) is 0 Å². The fraction of sp³-hybridized carbons (Fsp3) is 0.500. The molecule has 5 heteroatoms. The van der Waals surface area contributed by atoms with Gasteiger partial charge in [-0.3, -0.25) is 9.89 Å². The molecule has 0 unspecified atom stereocenters. The Hall–Kier alpha value is -2.14. The molecule has 2 aromatic rings. The number of aromatic nitrogens is 2. The number of piperidine rings is 1. The molecule has 5 nitrogen and oxygen atoms in total. The van der Waals surface area contributed by atoms with Crippen LogP contribution < -0.4 is 5.73 Å². The number of aryl methyl sites for hydroxylation is 1. The fourth-order valence-electron chi connectivity index (χ4n) is 4.05. The number of carbonyl (C=O) groups excluding carboxylic acids is 1. The summed E-state index contributed by atoms with van der Waals surface area (Å²) in [4.78, 5) is 14.8. The van der Waals surface area contributed by atoms with Crippen molar-refractivity contribution in [3.05, 3.63) is 41.7 Å². The first-order valence-electron chi connectivity index (χ1n) is 9.25. The van der Waals surface area contributed by atoms with Crippen LogP contribution in [0.2, 0.25) is 0 Å². The fourth-order valence-corrected chi connectivity index (χ4v) is 4.05. The standard InChI is InChI=1S/C20H26N4O/c1-14-5-7-15(8-6-14)17-12-22-23-18(17)16-4-2-11-24(13-16)19(25)20(21)9-3-10-20/h5-8,12,16H,2-4,9-11,13,21H2,1H3,(H,22,23)/t16-/m1/s1. The van der Waals surface area contributed by atoms with Gasteiger partial charge in [0, 0.05) is 30.3 Å². The normalized spacial score (nSPS) is 22.5. The lowest BCUT2D eigenvalue weighted by Crippen LogP contribution is -2.60. The molecule has 0 spiro atoms. The Morgan fingerprint density at radius 2 is 2.04 bits per heavy atom. The van der Waals surface area contributed by atoms with E-state index in [1.807, 2.05) is 11.1 Å². The second-order valence-corrected chi connectivity index (χ2v) is 7.66. The number of amides is 1. The van der Waals surface area contributed by atoms with E-state index >= 15 is 0 Å². The minimum absolute atomic E-state index is 0.139. The zero-order valence-electron chi connectivity index (χ0n) is 14.8. The van der Waals surface area contributed by atoms with Gasteiger partial charge in [-0.2, -0.15) is 5.10 Å². The summed E-state index contributed by atoms with van der Waals surface area (Å²) >= 11 is 0. The first-order chi connectivity index (χ1) is 12.1. The van der Waals surface area contributed by atoms with E-state index in [-0.39, 0.29) is 5.91 Å². The molecule has 132 valence electrons. The van der Waals surface area contributed by atoms with E-state index in [1.165, 1.54) is 11.1 Å². The largest absolute Gasteiger partial charge is 0.340 e. The van der Waals surface area contributed by atoms with Crippen molar-refractivity contribution in [2.45, 2.75) is 50.5 Å². The summed E-state index contributed by atoms with van der Waals surface area (Å²) in [6.45, 7) is 3.65. The zero-order valence-corrected chi connectivity index (χ0v) is 14.8. The SMILES string of the molecule is Cc1ccc(-c2cn[nH]c2[C@@H]2CCCN(C(=O)C3(N)CCC3)C2)cc1. The quantitative estimate of drug-likeness (QED) is 0.903. The number of hydrogen-bond donors (Lipinski definition) is 2. The maximum Gasteiger partial charge on any atom is 0.242 e. The molecule has 3 N–H and O–H groups in total. The predicted molar refractivity (Wildman–Crippen MR) is 98.1 cm³/mol. The van der Waals surface area contributed by atoms with Crippen molar-refractivity contribution < 1.29 is 4.79 Å². The highest BCUT2D eigenvalue weighted by atomic mass is 16.2. The molecule has 0 bridgehead atoms. The number of hydrogen-bond acceptors (Lipinski definition) is 3. The van der Waals surface area contributed by atoms with Crippen LogP contribution in [0, 0.1) is 6.92 Å². The molecule has 1 aromatic carbocycles. The van der Waals surface area contributed by atoms with Crippen molar-refractivity contribution in [1.29, 1.82) is 0 Å². The molecule has 1 aliphatic heterocycles. The van der Waals surface area contributed by atoms with Crippen LogP contribution in [-0.2, 0) is 4.79 Å². The number of nitrogens with two attached hydrogens (primary N) is 1. The Morgan fingerprint density at radius 1 is 1.28 bits per heavy atom. The van der Waals surface area contributed by atoms with Gasteiger partial charge in [-0.25, -0.2) is 0 Å². The van der Waals surface area contributed by atoms with Crippen LogP contribution in [0.1, 0.15) is 49.3 Å². The molecular weight excluding hydrogens is 312 g/mol. The van der Waals surface area contributed by atoms with Gasteiger partial charge < -0.3 is 10.6 Å². The minimum Gasteiger partial charge on any atom is -0.340 e. The molecular formula is C20H26N4O. The van der Waals surface area contributed by atoms with E-state index in [2.05, 4.69) is 41.4 Å². The lowest BCUT2D eigenvalue weighted by molar-refractivity contribution is -0.141. The lowest BCUT2D eigenvalue weighted by atomic mass is 9.76. The predicted octanol–water partition coefficient (Wildman–Crippen LogP) is 2.97. The number of carbonyl (C=O) groups is 1. The van der Waals surface area contributed by atoms with E-state index < -0.39 is 5.54 Å². The first kappa shape index (κ1) is 16.3. The Kier molecular flexibility index (Phi) is 4.12. The van der Waals surface area contributed by atoms with Crippen LogP contribution >= 0.6 is 0 Å². The third-order valence-electron chi connectivity index (χ3n) is 5.82. The van der Waals surface area contributed by atoms with Crippen LogP contribution in [0.4, 0.5) is 0 Å². The van der Waals surface area contributed by atoms with Gasteiger partial charge >= 0.3 is 0 Å². The van der Waals surface area contributed by atoms with Crippen LogP contribution in [0.25, 0.3) is 11.1 Å². The Labute approximate surface area is 148 Å². The van der Waals surface area contributed by atoms with Crippen LogP contribution in [-0.4, -0.2) is 39.6 Å². The van der Waals surface area contributed by atoms with Gasteiger partial charge in [0.2, 0.25) is 5.91 Å². The highest BCUT2D eigenvalue weighted by Gasteiger charge is 2.43. The topological polar surface area (TPSA) is 75.0 Å². The third kappa shape index (κ3) is 2.97. The van der Waals surface area contributed by atoms with Gasteiger partial charge in [0.15, 0.2) is 0 Å². The average molecular weight is 338 g/mol. The van der Waals surface area contributed by atoms with Crippen molar-refractivity contribution in [2.24, 2.45) is 5.73 Å². The highest BCUT2D eigenvalue weighted by Crippen LogP contribution is 2.36. The summed E-state index contributed by atoms with van der Waals surface area (Å²) in [6, 6.07) is 8.52. The summed E-state index contributed by atoms with van der Waals surface area (Å²) in [5, 5.41) is 7.48. The van der Waals surface area contributed by atoms with Crippen LogP contribution in [0.5, 0.6) is 0 Å². The molecule has 4 rings (SSSR count). The number of nitrogens with one attached hydrogen (secondary N) is 1. The molecule has 2 fully saturated rings. The monoisotopic (exact) mass is 338 g/mol. The molecule has 2 aliphatic rings. The van der Waals surface area contributed by atoms with E-state index in [0.29, 0.717) is 5.92 Å². The van der Waals surface area contributed by atoms with Crippen LogP contribution in [0.15, 0.2) is 30.5 Å². The van der Waals surface area contributed by atoms with Gasteiger partial charge in [0.05, 0.1) is 11.7 Å². The zero-order chi connectivity index (χ0) is 17.4. The van der Waals surface area contributed by atoms with Crippen molar-refractivity contribution in [3.63, 3.8) is 0 Å². The minimum atomic E-state index is -0.602. The molecule has 0 radical (unpaired) electrons. The Balaban J connectivity index is 1.55. The van der Waals surface area contributed by atoms with Gasteiger partial charge in [-0.15, -0.1) is 0 Å². The number of benzene rings is 1. The maximum atomic E-state index is 12.8. The number of rotatable bonds is 3. The van der Waals surface area contributed by atoms with E-state index in [1.54, 1.807) is 0 Å². The summed E-state index contributed by atoms with van der Waals surface area (Å²) in [6.07, 6.45) is 6.70. The molecule has 1 amide bonds. The maximum absolute atomic E-state index is 12.8. The van der Waals surface area contributed by atoms with E-state index in [4.69, 9.17) is 5.73 Å². The molecule has 1 saturated carbocycles. The van der Waals surface area contributed by atoms with Crippen molar-refractivity contribution >= 4 is 5.91 Å². The van der Waals surface area contributed by atoms with Gasteiger partial charge in [0.1, 0.15) is 0 Å². The van der Waals surface area contributed by atoms with Crippen molar-refractivity contribution in [2.75, 3.05) is 13.1 Å².